The summed E-state index contributed by atoms with van der Waals surface area (Å²) in [5.74, 6) is -1.36. The van der Waals surface area contributed by atoms with Gasteiger partial charge < -0.3 is 5.11 Å². The van der Waals surface area contributed by atoms with Crippen molar-refractivity contribution in [3.05, 3.63) is 11.6 Å². The Morgan fingerprint density at radius 3 is 1.60 bits per heavy atom. The highest BCUT2D eigenvalue weighted by molar-refractivity contribution is 5.01. The maximum absolute atomic E-state index is 12.7. The van der Waals surface area contributed by atoms with Crippen LogP contribution in [0.5, 0.6) is 0 Å². The first kappa shape index (κ1) is 9.47. The van der Waals surface area contributed by atoms with Gasteiger partial charge in [0.05, 0.1) is 5.83 Å². The largest absolute Gasteiger partial charge is 0.874 e. The van der Waals surface area contributed by atoms with Gasteiger partial charge in [0.2, 0.25) is 0 Å². The van der Waals surface area contributed by atoms with Gasteiger partial charge in [-0.25, -0.2) is 4.39 Å². The Hall–Kier alpha value is -0.530. The molecule has 0 aliphatic carbocycles. The van der Waals surface area contributed by atoms with Gasteiger partial charge in [-0.1, -0.05) is 33.5 Å². The van der Waals surface area contributed by atoms with E-state index in [2.05, 4.69) is 0 Å². The molecular weight excluding hydrogens is 131 g/mol. The molecule has 0 saturated carbocycles. The topological polar surface area (TPSA) is 23.1 Å². The third-order valence-electron chi connectivity index (χ3n) is 1.27. The molecule has 0 aromatic heterocycles. The SMILES string of the molecule is CC(C)/C([O-])=C(/F)C(C)C. The second kappa shape index (κ2) is 3.59. The fourth-order valence-electron chi connectivity index (χ4n) is 0.560. The van der Waals surface area contributed by atoms with Gasteiger partial charge in [-0.15, -0.1) is 0 Å². The van der Waals surface area contributed by atoms with E-state index in [1.54, 1.807) is 27.7 Å². The minimum absolute atomic E-state index is 0.220. The van der Waals surface area contributed by atoms with Crippen molar-refractivity contribution in [3.8, 4) is 0 Å². The van der Waals surface area contributed by atoms with Crippen molar-refractivity contribution in [3.63, 3.8) is 0 Å². The predicted octanol–water partition coefficient (Wildman–Crippen LogP) is 1.84. The molecule has 0 aromatic carbocycles. The van der Waals surface area contributed by atoms with Gasteiger partial charge in [-0.05, 0) is 5.92 Å². The van der Waals surface area contributed by atoms with Crippen molar-refractivity contribution in [1.82, 2.24) is 0 Å². The molecule has 0 heterocycles. The van der Waals surface area contributed by atoms with Crippen LogP contribution in [0.1, 0.15) is 27.7 Å². The van der Waals surface area contributed by atoms with Crippen molar-refractivity contribution >= 4 is 0 Å². The molecule has 0 aliphatic heterocycles. The summed E-state index contributed by atoms with van der Waals surface area (Å²) >= 11 is 0. The van der Waals surface area contributed by atoms with Crippen LogP contribution in [-0.4, -0.2) is 0 Å². The normalized spacial score (nSPS) is 14.3. The summed E-state index contributed by atoms with van der Waals surface area (Å²) in [4.78, 5) is 0. The van der Waals surface area contributed by atoms with Crippen LogP contribution in [0.3, 0.4) is 0 Å². The summed E-state index contributed by atoms with van der Waals surface area (Å²) in [5, 5.41) is 10.9. The molecule has 0 saturated heterocycles. The fraction of sp³-hybridized carbons (Fsp3) is 0.750. The Balaban J connectivity index is 4.34. The summed E-state index contributed by atoms with van der Waals surface area (Å²) in [6, 6.07) is 0. The number of hydrogen-bond donors (Lipinski definition) is 0. The van der Waals surface area contributed by atoms with Gasteiger partial charge in [-0.2, -0.15) is 0 Å². The van der Waals surface area contributed by atoms with Crippen molar-refractivity contribution in [2.75, 3.05) is 0 Å². The van der Waals surface area contributed by atoms with Crippen molar-refractivity contribution in [2.45, 2.75) is 27.7 Å². The Labute approximate surface area is 61.6 Å². The second-order valence-electron chi connectivity index (χ2n) is 3.02. The highest BCUT2D eigenvalue weighted by atomic mass is 19.1. The molecule has 0 spiro atoms. The lowest BCUT2D eigenvalue weighted by Gasteiger charge is -2.19. The molecule has 0 N–H and O–H groups in total. The van der Waals surface area contributed by atoms with Crippen LogP contribution in [0.15, 0.2) is 11.6 Å². The van der Waals surface area contributed by atoms with Gasteiger partial charge in [0.15, 0.2) is 0 Å². The zero-order chi connectivity index (χ0) is 8.31. The molecule has 10 heavy (non-hydrogen) atoms. The molecule has 60 valence electrons. The molecule has 1 nitrogen and oxygen atoms in total. The van der Waals surface area contributed by atoms with Crippen LogP contribution < -0.4 is 5.11 Å². The molecule has 0 unspecified atom stereocenters. The number of allylic oxidation sites excluding steroid dienone is 2. The predicted molar refractivity (Wildman–Crippen MR) is 37.8 cm³/mol. The molecular formula is C8H14FO-. The lowest BCUT2D eigenvalue weighted by atomic mass is 10.1. The average molecular weight is 145 g/mol. The highest BCUT2D eigenvalue weighted by Crippen LogP contribution is 2.17. The summed E-state index contributed by atoms with van der Waals surface area (Å²) in [6.07, 6.45) is 0. The second-order valence-corrected chi connectivity index (χ2v) is 3.02. The first-order valence-electron chi connectivity index (χ1n) is 3.53. The van der Waals surface area contributed by atoms with Gasteiger partial charge in [-0.3, -0.25) is 0 Å². The van der Waals surface area contributed by atoms with Crippen LogP contribution in [-0.2, 0) is 0 Å². The van der Waals surface area contributed by atoms with Crippen LogP contribution in [0, 0.1) is 11.8 Å². The Bertz CT molecular complexity index is 120. The van der Waals surface area contributed by atoms with Crippen molar-refractivity contribution in [2.24, 2.45) is 11.8 Å². The van der Waals surface area contributed by atoms with E-state index < -0.39 is 5.83 Å². The van der Waals surface area contributed by atoms with Crippen LogP contribution >= 0.6 is 0 Å². The monoisotopic (exact) mass is 145 g/mol. The summed E-state index contributed by atoms with van der Waals surface area (Å²) in [6.45, 7) is 6.75. The maximum atomic E-state index is 12.7. The average Bonchev–Trinajstić information content (AvgIpc) is 1.84. The Morgan fingerprint density at radius 2 is 1.50 bits per heavy atom. The first-order valence-corrected chi connectivity index (χ1v) is 3.53. The van der Waals surface area contributed by atoms with Gasteiger partial charge in [0, 0.05) is 5.92 Å². The first-order chi connectivity index (χ1) is 4.46. The van der Waals surface area contributed by atoms with E-state index in [0.29, 0.717) is 0 Å². The summed E-state index contributed by atoms with van der Waals surface area (Å²) in [5.41, 5.74) is 0. The van der Waals surface area contributed by atoms with Crippen LogP contribution in [0.2, 0.25) is 0 Å². The molecule has 0 rings (SSSR count). The van der Waals surface area contributed by atoms with E-state index in [1.165, 1.54) is 0 Å². The van der Waals surface area contributed by atoms with Crippen molar-refractivity contribution in [1.29, 1.82) is 0 Å². The zero-order valence-corrected chi connectivity index (χ0v) is 6.94. The molecule has 0 fully saturated rings. The van der Waals surface area contributed by atoms with E-state index >= 15 is 0 Å². The molecule has 0 atom stereocenters. The third kappa shape index (κ3) is 2.38. The summed E-state index contributed by atoms with van der Waals surface area (Å²) < 4.78 is 12.7. The molecule has 0 aliphatic rings. The Kier molecular flexibility index (Phi) is 3.40. The van der Waals surface area contributed by atoms with E-state index in [1.807, 2.05) is 0 Å². The van der Waals surface area contributed by atoms with Gasteiger partial charge in [0.1, 0.15) is 0 Å². The van der Waals surface area contributed by atoms with E-state index in [4.69, 9.17) is 0 Å². The molecule has 0 aromatic rings. The van der Waals surface area contributed by atoms with Crippen LogP contribution in [0.25, 0.3) is 0 Å². The van der Waals surface area contributed by atoms with Gasteiger partial charge in [0.25, 0.3) is 0 Å². The lowest BCUT2D eigenvalue weighted by Crippen LogP contribution is -2.14. The summed E-state index contributed by atoms with van der Waals surface area (Å²) in [7, 11) is 0. The maximum Gasteiger partial charge on any atom is 0.0909 e. The Morgan fingerprint density at radius 1 is 1.10 bits per heavy atom. The van der Waals surface area contributed by atoms with Gasteiger partial charge >= 0.3 is 0 Å². The quantitative estimate of drug-likeness (QED) is 0.544. The molecule has 0 radical (unpaired) electrons. The van der Waals surface area contributed by atoms with E-state index in [0.717, 1.165) is 0 Å². The zero-order valence-electron chi connectivity index (χ0n) is 6.94. The van der Waals surface area contributed by atoms with Crippen molar-refractivity contribution < 1.29 is 9.50 Å². The van der Waals surface area contributed by atoms with Crippen LogP contribution in [0.4, 0.5) is 4.39 Å². The minimum Gasteiger partial charge on any atom is -0.874 e. The smallest absolute Gasteiger partial charge is 0.0909 e. The highest BCUT2D eigenvalue weighted by Gasteiger charge is 2.04. The molecule has 0 bridgehead atoms. The number of hydrogen-bond acceptors (Lipinski definition) is 1. The number of rotatable bonds is 2. The molecule has 0 amide bonds. The van der Waals surface area contributed by atoms with E-state index in [9.17, 15) is 9.50 Å². The standard InChI is InChI=1S/C8H15FO/c1-5(2)7(9)8(10)6(3)4/h5-6,10H,1-4H3/p-1/b8-7-. The number of halogens is 1. The third-order valence-corrected chi connectivity index (χ3v) is 1.27. The minimum atomic E-state index is -0.505. The lowest BCUT2D eigenvalue weighted by molar-refractivity contribution is -0.317. The van der Waals surface area contributed by atoms with E-state index in [-0.39, 0.29) is 17.6 Å². The molecule has 2 heteroatoms. The fourth-order valence-corrected chi connectivity index (χ4v) is 0.560.